The Bertz CT molecular complexity index is 990. The fourth-order valence-corrected chi connectivity index (χ4v) is 2.77. The lowest BCUT2D eigenvalue weighted by Crippen LogP contribution is -2.01. The van der Waals surface area contributed by atoms with Crippen LogP contribution in [0.5, 0.6) is 5.75 Å². The predicted octanol–water partition coefficient (Wildman–Crippen LogP) is 4.23. The largest absolute Gasteiger partial charge is 0.508 e. The molecule has 4 heteroatoms. The van der Waals surface area contributed by atoms with Crippen LogP contribution in [0.2, 0.25) is 0 Å². The zero-order valence-corrected chi connectivity index (χ0v) is 13.2. The molecule has 3 aromatic rings. The smallest absolute Gasteiger partial charge is 0.205 e. The first kappa shape index (κ1) is 15.6. The van der Waals surface area contributed by atoms with E-state index in [1.807, 2.05) is 24.3 Å². The molecule has 0 bridgehead atoms. The first-order valence-electron chi connectivity index (χ1n) is 7.68. The van der Waals surface area contributed by atoms with Crippen LogP contribution in [-0.2, 0) is 6.42 Å². The molecule has 2 aromatic carbocycles. The van der Waals surface area contributed by atoms with E-state index >= 15 is 0 Å². The molecule has 0 atom stereocenters. The number of phenolic OH excluding ortho intramolecular Hbond substituents is 1. The minimum atomic E-state index is -0.333. The lowest BCUT2D eigenvalue weighted by Gasteiger charge is -2.01. The van der Waals surface area contributed by atoms with Gasteiger partial charge in [0.1, 0.15) is 17.4 Å². The Morgan fingerprint density at radius 2 is 2.08 bits per heavy atom. The molecule has 0 unspecified atom stereocenters. The van der Waals surface area contributed by atoms with Gasteiger partial charge >= 0.3 is 0 Å². The van der Waals surface area contributed by atoms with Crippen molar-refractivity contribution in [2.75, 3.05) is 0 Å². The number of nitrogens with zero attached hydrogens (tertiary/aromatic N) is 1. The van der Waals surface area contributed by atoms with Gasteiger partial charge in [-0.15, -0.1) is 0 Å². The molecule has 0 radical (unpaired) electrons. The summed E-state index contributed by atoms with van der Waals surface area (Å²) in [5.74, 6) is -0.242. The molecule has 0 saturated heterocycles. The van der Waals surface area contributed by atoms with E-state index in [4.69, 9.17) is 0 Å². The normalized spacial score (nSPS) is 11.4. The second-order valence-corrected chi connectivity index (χ2v) is 5.49. The molecule has 1 heterocycles. The number of aryl methyl sites for hydroxylation is 1. The number of carbonyl (C=O) groups is 1. The van der Waals surface area contributed by atoms with Crippen LogP contribution in [0, 0.1) is 11.3 Å². The molecule has 24 heavy (non-hydrogen) atoms. The Morgan fingerprint density at radius 1 is 1.29 bits per heavy atom. The molecule has 0 spiro atoms. The van der Waals surface area contributed by atoms with Crippen molar-refractivity contribution in [3.8, 4) is 11.8 Å². The van der Waals surface area contributed by atoms with Crippen LogP contribution >= 0.6 is 0 Å². The average Bonchev–Trinajstić information content (AvgIpc) is 3.03. The number of aromatic hydroxyl groups is 1. The van der Waals surface area contributed by atoms with Crippen LogP contribution in [0.1, 0.15) is 28.4 Å². The molecular weight excluding hydrogens is 300 g/mol. The zero-order chi connectivity index (χ0) is 17.1. The molecule has 0 aliphatic carbocycles. The summed E-state index contributed by atoms with van der Waals surface area (Å²) in [5, 5.41) is 19.7. The minimum Gasteiger partial charge on any atom is -0.508 e. The molecular formula is C20H16N2O2. The summed E-state index contributed by atoms with van der Waals surface area (Å²) < 4.78 is 0. The summed E-state index contributed by atoms with van der Waals surface area (Å²) in [7, 11) is 0. The summed E-state index contributed by atoms with van der Waals surface area (Å²) >= 11 is 0. The molecule has 0 saturated carbocycles. The van der Waals surface area contributed by atoms with Gasteiger partial charge in [0.15, 0.2) is 0 Å². The van der Waals surface area contributed by atoms with Gasteiger partial charge in [0.05, 0.1) is 0 Å². The topological polar surface area (TPSA) is 76.9 Å². The van der Waals surface area contributed by atoms with E-state index in [1.165, 1.54) is 18.2 Å². The number of phenols is 1. The van der Waals surface area contributed by atoms with Gasteiger partial charge in [-0.25, -0.2) is 0 Å². The van der Waals surface area contributed by atoms with Crippen LogP contribution in [-0.4, -0.2) is 15.9 Å². The summed E-state index contributed by atoms with van der Waals surface area (Å²) in [6.45, 7) is 2.06. The van der Waals surface area contributed by atoms with E-state index in [0.717, 1.165) is 22.9 Å². The van der Waals surface area contributed by atoms with E-state index in [-0.39, 0.29) is 17.1 Å². The maximum atomic E-state index is 12.8. The highest BCUT2D eigenvalue weighted by molar-refractivity contribution is 6.20. The molecule has 0 fully saturated rings. The van der Waals surface area contributed by atoms with E-state index in [2.05, 4.69) is 11.9 Å². The van der Waals surface area contributed by atoms with E-state index in [0.29, 0.717) is 11.1 Å². The van der Waals surface area contributed by atoms with Crippen molar-refractivity contribution in [1.82, 2.24) is 4.98 Å². The highest BCUT2D eigenvalue weighted by atomic mass is 16.3. The zero-order valence-electron chi connectivity index (χ0n) is 13.2. The number of aromatic nitrogens is 1. The number of para-hydroxylation sites is 1. The maximum absolute atomic E-state index is 12.8. The van der Waals surface area contributed by atoms with Gasteiger partial charge in [0.25, 0.3) is 0 Å². The van der Waals surface area contributed by atoms with Gasteiger partial charge in [-0.05, 0) is 35.8 Å². The van der Waals surface area contributed by atoms with Gasteiger partial charge in [-0.1, -0.05) is 37.3 Å². The predicted molar refractivity (Wildman–Crippen MR) is 93.7 cm³/mol. The number of nitriles is 1. The monoisotopic (exact) mass is 316 g/mol. The van der Waals surface area contributed by atoms with Crippen LogP contribution in [0.3, 0.4) is 0 Å². The summed E-state index contributed by atoms with van der Waals surface area (Å²) in [6.07, 6.45) is 4.00. The molecule has 0 aliphatic rings. The van der Waals surface area contributed by atoms with Gasteiger partial charge in [-0.2, -0.15) is 5.26 Å². The maximum Gasteiger partial charge on any atom is 0.205 e. The number of nitrogens with one attached hydrogen (secondary N) is 1. The number of ketones is 1. The molecule has 0 amide bonds. The quantitative estimate of drug-likeness (QED) is 0.429. The van der Waals surface area contributed by atoms with Crippen molar-refractivity contribution < 1.29 is 9.90 Å². The summed E-state index contributed by atoms with van der Waals surface area (Å²) in [5.41, 5.74) is 3.17. The number of benzene rings is 2. The third kappa shape index (κ3) is 2.80. The summed E-state index contributed by atoms with van der Waals surface area (Å²) in [6, 6.07) is 14.2. The Hall–Kier alpha value is -3.32. The van der Waals surface area contributed by atoms with Crippen molar-refractivity contribution in [3.63, 3.8) is 0 Å². The van der Waals surface area contributed by atoms with Crippen LogP contribution in [0.25, 0.3) is 17.0 Å². The van der Waals surface area contributed by atoms with Crippen LogP contribution in [0.15, 0.2) is 54.2 Å². The molecule has 3 rings (SSSR count). The number of aromatic amines is 1. The second kappa shape index (κ2) is 6.43. The van der Waals surface area contributed by atoms with E-state index in [9.17, 15) is 15.2 Å². The minimum absolute atomic E-state index is 0.0309. The number of carbonyl (C=O) groups excluding carboxylic acids is 1. The van der Waals surface area contributed by atoms with Crippen molar-refractivity contribution >= 4 is 22.8 Å². The van der Waals surface area contributed by atoms with Crippen molar-refractivity contribution in [3.05, 3.63) is 70.9 Å². The van der Waals surface area contributed by atoms with Crippen LogP contribution in [0.4, 0.5) is 0 Å². The number of rotatable bonds is 4. The van der Waals surface area contributed by atoms with E-state index < -0.39 is 0 Å². The fourth-order valence-electron chi connectivity index (χ4n) is 2.77. The van der Waals surface area contributed by atoms with Crippen molar-refractivity contribution in [2.24, 2.45) is 0 Å². The van der Waals surface area contributed by atoms with Crippen molar-refractivity contribution in [1.29, 1.82) is 5.26 Å². The number of H-pyrrole nitrogens is 1. The lowest BCUT2D eigenvalue weighted by atomic mass is 10.00. The van der Waals surface area contributed by atoms with Crippen LogP contribution < -0.4 is 0 Å². The van der Waals surface area contributed by atoms with Gasteiger partial charge in [-0.3, -0.25) is 4.79 Å². The fraction of sp³-hybridized carbons (Fsp3) is 0.100. The summed E-state index contributed by atoms with van der Waals surface area (Å²) in [4.78, 5) is 15.9. The second-order valence-electron chi connectivity index (χ2n) is 5.49. The number of hydrogen-bond donors (Lipinski definition) is 2. The number of fused-ring (bicyclic) bond motifs is 1. The Kier molecular flexibility index (Phi) is 4.17. The molecule has 118 valence electrons. The number of hydrogen-bond acceptors (Lipinski definition) is 3. The molecule has 4 nitrogen and oxygen atoms in total. The highest BCUT2D eigenvalue weighted by Crippen LogP contribution is 2.25. The average molecular weight is 316 g/mol. The third-order valence-electron chi connectivity index (χ3n) is 3.97. The number of allylic oxidation sites excluding steroid dienone is 1. The lowest BCUT2D eigenvalue weighted by molar-refractivity contribution is 0.104. The van der Waals surface area contributed by atoms with E-state index in [1.54, 1.807) is 18.3 Å². The third-order valence-corrected chi connectivity index (χ3v) is 3.97. The Morgan fingerprint density at radius 3 is 2.79 bits per heavy atom. The van der Waals surface area contributed by atoms with Gasteiger partial charge in [0.2, 0.25) is 5.78 Å². The molecule has 0 aliphatic heterocycles. The molecule has 2 N–H and O–H groups in total. The molecule has 1 aromatic heterocycles. The first-order valence-corrected chi connectivity index (χ1v) is 7.68. The van der Waals surface area contributed by atoms with Gasteiger partial charge < -0.3 is 10.1 Å². The Labute approximate surface area is 139 Å². The van der Waals surface area contributed by atoms with Gasteiger partial charge in [0, 0.05) is 22.7 Å². The Balaban J connectivity index is 2.06. The standard InChI is InChI=1S/C20H16N2O2/c1-2-14-6-4-8-17-18(12-22-19(14)17)20(24)15(11-21)9-13-5-3-7-16(23)10-13/h3-10,12,22-23H,2H2,1H3/b15-9-. The first-order chi connectivity index (χ1) is 11.6. The van der Waals surface area contributed by atoms with Crippen molar-refractivity contribution in [2.45, 2.75) is 13.3 Å². The highest BCUT2D eigenvalue weighted by Gasteiger charge is 2.17. The number of Topliss-reactive ketones (excluding diaryl/α,β-unsaturated/α-hetero) is 1. The SMILES string of the molecule is CCc1cccc2c(C(=O)/C(C#N)=C\c3cccc(O)c3)c[nH]c12.